The fourth-order valence-corrected chi connectivity index (χ4v) is 2.83. The van der Waals surface area contributed by atoms with Crippen molar-refractivity contribution in [1.82, 2.24) is 9.88 Å². The molecule has 0 amide bonds. The predicted octanol–water partition coefficient (Wildman–Crippen LogP) is 4.04. The summed E-state index contributed by atoms with van der Waals surface area (Å²) >= 11 is 6.35. The Morgan fingerprint density at radius 2 is 2.09 bits per heavy atom. The number of nitrogens with zero attached hydrogens (tertiary/aromatic N) is 2. The molecule has 0 saturated carbocycles. The topological polar surface area (TPSA) is 37.4 Å². The van der Waals surface area contributed by atoms with E-state index < -0.39 is 0 Å². The zero-order valence-corrected chi connectivity index (χ0v) is 14.3. The first-order chi connectivity index (χ1) is 10.7. The molecule has 22 heavy (non-hydrogen) atoms. The molecule has 1 heterocycles. The van der Waals surface area contributed by atoms with Crippen LogP contribution in [0.1, 0.15) is 20.3 Å². The molecular formula is C17H24ClN3O. The van der Waals surface area contributed by atoms with Crippen LogP contribution < -0.4 is 10.1 Å². The largest absolute Gasteiger partial charge is 0.495 e. The third kappa shape index (κ3) is 3.81. The molecule has 0 saturated heterocycles. The molecule has 0 unspecified atom stereocenters. The molecule has 0 bridgehead atoms. The summed E-state index contributed by atoms with van der Waals surface area (Å²) in [5, 5.41) is 4.99. The number of ether oxygens (including phenoxy) is 1. The highest BCUT2D eigenvalue weighted by Crippen LogP contribution is 2.36. The summed E-state index contributed by atoms with van der Waals surface area (Å²) in [4.78, 5) is 6.87. The maximum absolute atomic E-state index is 6.35. The van der Waals surface area contributed by atoms with Gasteiger partial charge in [-0.3, -0.25) is 4.98 Å². The highest BCUT2D eigenvalue weighted by Gasteiger charge is 2.11. The molecular weight excluding hydrogens is 298 g/mol. The van der Waals surface area contributed by atoms with Crippen LogP contribution in [0.3, 0.4) is 0 Å². The van der Waals surface area contributed by atoms with Crippen molar-refractivity contribution in [3.05, 3.63) is 29.4 Å². The third-order valence-corrected chi connectivity index (χ3v) is 4.26. The average Bonchev–Trinajstić information content (AvgIpc) is 2.57. The van der Waals surface area contributed by atoms with Crippen LogP contribution in [-0.4, -0.2) is 43.2 Å². The summed E-state index contributed by atoms with van der Waals surface area (Å²) in [6.07, 6.45) is 2.87. The molecule has 2 aromatic rings. The van der Waals surface area contributed by atoms with Crippen LogP contribution in [0.2, 0.25) is 5.02 Å². The predicted molar refractivity (Wildman–Crippen MR) is 94.2 cm³/mol. The Balaban J connectivity index is 2.12. The number of hydrogen-bond donors (Lipinski definition) is 1. The summed E-state index contributed by atoms with van der Waals surface area (Å²) in [6.45, 7) is 8.56. The number of hydrogen-bond acceptors (Lipinski definition) is 4. The fraction of sp³-hybridized carbons (Fsp3) is 0.471. The van der Waals surface area contributed by atoms with Crippen molar-refractivity contribution < 1.29 is 4.74 Å². The van der Waals surface area contributed by atoms with E-state index in [4.69, 9.17) is 16.3 Å². The van der Waals surface area contributed by atoms with E-state index in [2.05, 4.69) is 29.0 Å². The number of anilines is 1. The maximum Gasteiger partial charge on any atom is 0.140 e. The number of rotatable bonds is 8. The molecule has 1 N–H and O–H groups in total. The summed E-state index contributed by atoms with van der Waals surface area (Å²) < 4.78 is 5.37. The standard InChI is InChI=1S/C17H24ClN3O/c1-4-21(5-2)11-7-10-19-14-12-15(22-3)16(18)13-8-6-9-20-17(13)14/h6,8-9,12,19H,4-5,7,10-11H2,1-3H3. The van der Waals surface area contributed by atoms with Gasteiger partial charge >= 0.3 is 0 Å². The van der Waals surface area contributed by atoms with Crippen molar-refractivity contribution in [2.24, 2.45) is 0 Å². The quantitative estimate of drug-likeness (QED) is 0.745. The summed E-state index contributed by atoms with van der Waals surface area (Å²) in [6, 6.07) is 5.78. The van der Waals surface area contributed by atoms with E-state index in [1.807, 2.05) is 18.2 Å². The van der Waals surface area contributed by atoms with Gasteiger partial charge in [-0.05, 0) is 38.2 Å². The van der Waals surface area contributed by atoms with Gasteiger partial charge in [0.25, 0.3) is 0 Å². The van der Waals surface area contributed by atoms with Crippen LogP contribution in [0.25, 0.3) is 10.9 Å². The molecule has 4 nitrogen and oxygen atoms in total. The number of benzene rings is 1. The van der Waals surface area contributed by atoms with Crippen molar-refractivity contribution >= 4 is 28.2 Å². The van der Waals surface area contributed by atoms with Gasteiger partial charge in [-0.2, -0.15) is 0 Å². The first-order valence-corrected chi connectivity index (χ1v) is 8.16. The van der Waals surface area contributed by atoms with Gasteiger partial charge in [0.05, 0.1) is 23.3 Å². The van der Waals surface area contributed by atoms with E-state index in [-0.39, 0.29) is 0 Å². The van der Waals surface area contributed by atoms with Crippen molar-refractivity contribution in [3.8, 4) is 5.75 Å². The lowest BCUT2D eigenvalue weighted by molar-refractivity contribution is 0.303. The minimum atomic E-state index is 0.610. The van der Waals surface area contributed by atoms with Gasteiger partial charge in [-0.15, -0.1) is 0 Å². The van der Waals surface area contributed by atoms with Crippen molar-refractivity contribution in [2.45, 2.75) is 20.3 Å². The van der Waals surface area contributed by atoms with Gasteiger partial charge in [-0.25, -0.2) is 0 Å². The van der Waals surface area contributed by atoms with Gasteiger partial charge in [0, 0.05) is 24.2 Å². The number of nitrogens with one attached hydrogen (secondary N) is 1. The van der Waals surface area contributed by atoms with Crippen molar-refractivity contribution in [2.75, 3.05) is 38.6 Å². The van der Waals surface area contributed by atoms with E-state index in [0.717, 1.165) is 49.2 Å². The van der Waals surface area contributed by atoms with Crippen molar-refractivity contribution in [1.29, 1.82) is 0 Å². The highest BCUT2D eigenvalue weighted by molar-refractivity contribution is 6.37. The first-order valence-electron chi connectivity index (χ1n) is 7.78. The van der Waals surface area contributed by atoms with Crippen LogP contribution in [-0.2, 0) is 0 Å². The molecule has 120 valence electrons. The van der Waals surface area contributed by atoms with Crippen LogP contribution in [0.4, 0.5) is 5.69 Å². The van der Waals surface area contributed by atoms with Gasteiger partial charge in [0.2, 0.25) is 0 Å². The third-order valence-electron chi connectivity index (χ3n) is 3.87. The van der Waals surface area contributed by atoms with E-state index >= 15 is 0 Å². The smallest absolute Gasteiger partial charge is 0.140 e. The van der Waals surface area contributed by atoms with Crippen LogP contribution in [0, 0.1) is 0 Å². The molecule has 0 radical (unpaired) electrons. The average molecular weight is 322 g/mol. The second-order valence-corrected chi connectivity index (χ2v) is 5.53. The number of methoxy groups -OCH3 is 1. The second-order valence-electron chi connectivity index (χ2n) is 5.15. The Labute approximate surface area is 137 Å². The lowest BCUT2D eigenvalue weighted by atomic mass is 10.1. The Kier molecular flexibility index (Phi) is 6.28. The Morgan fingerprint density at radius 1 is 1.32 bits per heavy atom. The minimum Gasteiger partial charge on any atom is -0.495 e. The van der Waals surface area contributed by atoms with E-state index in [1.54, 1.807) is 13.3 Å². The zero-order valence-electron chi connectivity index (χ0n) is 13.5. The van der Waals surface area contributed by atoms with Gasteiger partial charge < -0.3 is 15.0 Å². The van der Waals surface area contributed by atoms with Gasteiger partial charge in [0.1, 0.15) is 5.75 Å². The molecule has 0 aliphatic rings. The highest BCUT2D eigenvalue weighted by atomic mass is 35.5. The fourth-order valence-electron chi connectivity index (χ4n) is 2.54. The van der Waals surface area contributed by atoms with Crippen LogP contribution in [0.5, 0.6) is 5.75 Å². The molecule has 0 aliphatic heterocycles. The summed E-state index contributed by atoms with van der Waals surface area (Å²) in [5.74, 6) is 0.674. The molecule has 0 atom stereocenters. The Bertz CT molecular complexity index is 614. The van der Waals surface area contributed by atoms with Crippen LogP contribution >= 0.6 is 11.6 Å². The number of pyridine rings is 1. The summed E-state index contributed by atoms with van der Waals surface area (Å²) in [5.41, 5.74) is 1.85. The second kappa shape index (κ2) is 8.20. The zero-order chi connectivity index (χ0) is 15.9. The minimum absolute atomic E-state index is 0.610. The molecule has 5 heteroatoms. The number of halogens is 1. The van der Waals surface area contributed by atoms with E-state index in [1.165, 1.54) is 0 Å². The number of fused-ring (bicyclic) bond motifs is 1. The maximum atomic E-state index is 6.35. The Hall–Kier alpha value is -1.52. The summed E-state index contributed by atoms with van der Waals surface area (Å²) in [7, 11) is 1.63. The normalized spacial score (nSPS) is 11.1. The molecule has 1 aromatic carbocycles. The Morgan fingerprint density at radius 3 is 2.77 bits per heavy atom. The first kappa shape index (κ1) is 16.8. The lowest BCUT2D eigenvalue weighted by Crippen LogP contribution is -2.25. The SMILES string of the molecule is CCN(CC)CCCNc1cc(OC)c(Cl)c2cccnc12. The van der Waals surface area contributed by atoms with Gasteiger partial charge in [0.15, 0.2) is 0 Å². The molecule has 0 aliphatic carbocycles. The monoisotopic (exact) mass is 321 g/mol. The molecule has 0 fully saturated rings. The molecule has 1 aromatic heterocycles. The lowest BCUT2D eigenvalue weighted by Gasteiger charge is -2.18. The molecule has 0 spiro atoms. The van der Waals surface area contributed by atoms with E-state index in [9.17, 15) is 0 Å². The number of aromatic nitrogens is 1. The van der Waals surface area contributed by atoms with Crippen LogP contribution in [0.15, 0.2) is 24.4 Å². The van der Waals surface area contributed by atoms with E-state index in [0.29, 0.717) is 10.8 Å². The van der Waals surface area contributed by atoms with Crippen molar-refractivity contribution in [3.63, 3.8) is 0 Å². The van der Waals surface area contributed by atoms with Gasteiger partial charge in [-0.1, -0.05) is 25.4 Å². The molecule has 2 rings (SSSR count).